The molecule has 0 aliphatic carbocycles. The van der Waals surface area contributed by atoms with Gasteiger partial charge in [0, 0.05) is 12.5 Å². The second-order valence-corrected chi connectivity index (χ2v) is 3.68. The molecule has 2 N–H and O–H groups in total. The highest BCUT2D eigenvalue weighted by Gasteiger charge is 2.18. The zero-order valence-corrected chi connectivity index (χ0v) is 9.57. The summed E-state index contributed by atoms with van der Waals surface area (Å²) in [7, 11) is 0. The monoisotopic (exact) mass is 248 g/mol. The van der Waals surface area contributed by atoms with Crippen LogP contribution < -0.4 is 5.73 Å². The van der Waals surface area contributed by atoms with Crippen molar-refractivity contribution in [3.8, 4) is 11.4 Å². The Kier molecular flexibility index (Phi) is 3.63. The van der Waals surface area contributed by atoms with Crippen LogP contribution in [0.4, 0.5) is 5.69 Å². The summed E-state index contributed by atoms with van der Waals surface area (Å²) in [6.45, 7) is 0.531. The van der Waals surface area contributed by atoms with Crippen molar-refractivity contribution in [1.82, 2.24) is 10.1 Å². The summed E-state index contributed by atoms with van der Waals surface area (Å²) in [5.74, 6) is 0.669. The Morgan fingerprint density at radius 2 is 2.17 bits per heavy atom. The first-order valence-electron chi connectivity index (χ1n) is 5.49. The van der Waals surface area contributed by atoms with E-state index in [4.69, 9.17) is 10.3 Å². The molecule has 0 spiro atoms. The maximum atomic E-state index is 10.9. The van der Waals surface area contributed by atoms with E-state index in [1.807, 2.05) is 0 Å². The highest BCUT2D eigenvalue weighted by atomic mass is 16.6. The lowest BCUT2D eigenvalue weighted by molar-refractivity contribution is -0.384. The number of hydrogen-bond acceptors (Lipinski definition) is 6. The third kappa shape index (κ3) is 2.51. The van der Waals surface area contributed by atoms with Gasteiger partial charge in [-0.15, -0.1) is 0 Å². The Labute approximate surface area is 103 Å². The van der Waals surface area contributed by atoms with Gasteiger partial charge in [-0.1, -0.05) is 17.3 Å². The summed E-state index contributed by atoms with van der Waals surface area (Å²) in [4.78, 5) is 14.5. The van der Waals surface area contributed by atoms with E-state index < -0.39 is 4.92 Å². The van der Waals surface area contributed by atoms with Crippen molar-refractivity contribution in [2.45, 2.75) is 12.8 Å². The zero-order chi connectivity index (χ0) is 13.0. The number of aromatic nitrogens is 2. The predicted molar refractivity (Wildman–Crippen MR) is 63.8 cm³/mol. The van der Waals surface area contributed by atoms with Crippen molar-refractivity contribution < 1.29 is 9.45 Å². The Balaban J connectivity index is 2.31. The fraction of sp³-hybridized carbons (Fsp3) is 0.273. The summed E-state index contributed by atoms with van der Waals surface area (Å²) < 4.78 is 5.02. The first-order valence-corrected chi connectivity index (χ1v) is 5.49. The maximum Gasteiger partial charge on any atom is 0.280 e. The van der Waals surface area contributed by atoms with Gasteiger partial charge in [0.15, 0.2) is 0 Å². The minimum atomic E-state index is -0.467. The predicted octanol–water partition coefficient (Wildman–Crippen LogP) is 1.54. The van der Waals surface area contributed by atoms with Crippen LogP contribution in [0.2, 0.25) is 0 Å². The molecule has 18 heavy (non-hydrogen) atoms. The molecule has 0 aliphatic rings. The second-order valence-electron chi connectivity index (χ2n) is 3.68. The molecular formula is C11H12N4O3. The van der Waals surface area contributed by atoms with Gasteiger partial charge in [-0.25, -0.2) is 0 Å². The van der Waals surface area contributed by atoms with Crippen LogP contribution in [0.5, 0.6) is 0 Å². The second kappa shape index (κ2) is 5.37. The van der Waals surface area contributed by atoms with E-state index in [9.17, 15) is 10.1 Å². The molecule has 94 valence electrons. The van der Waals surface area contributed by atoms with E-state index in [1.54, 1.807) is 18.2 Å². The van der Waals surface area contributed by atoms with Crippen LogP contribution in [-0.4, -0.2) is 21.6 Å². The topological polar surface area (TPSA) is 108 Å². The van der Waals surface area contributed by atoms with Crippen molar-refractivity contribution >= 4 is 5.69 Å². The van der Waals surface area contributed by atoms with Gasteiger partial charge in [0.05, 0.1) is 4.92 Å². The van der Waals surface area contributed by atoms with E-state index in [-0.39, 0.29) is 11.5 Å². The Hall–Kier alpha value is -2.28. The van der Waals surface area contributed by atoms with Gasteiger partial charge >= 0.3 is 0 Å². The van der Waals surface area contributed by atoms with Crippen molar-refractivity contribution in [3.63, 3.8) is 0 Å². The smallest absolute Gasteiger partial charge is 0.280 e. The number of nitro benzene ring substituents is 1. The number of nitro groups is 1. The normalized spacial score (nSPS) is 10.5. The SMILES string of the molecule is NCCCc1nc(-c2ccccc2[N+](=O)[O-])no1. The first-order chi connectivity index (χ1) is 8.72. The molecule has 0 unspecified atom stereocenters. The lowest BCUT2D eigenvalue weighted by atomic mass is 10.2. The highest BCUT2D eigenvalue weighted by Crippen LogP contribution is 2.27. The summed E-state index contributed by atoms with van der Waals surface area (Å²) in [5.41, 5.74) is 5.69. The highest BCUT2D eigenvalue weighted by molar-refractivity contribution is 5.67. The molecule has 7 heteroatoms. The summed E-state index contributed by atoms with van der Waals surface area (Å²) in [5, 5.41) is 14.6. The number of nitrogens with two attached hydrogens (primary N) is 1. The molecule has 1 aromatic carbocycles. The molecule has 0 amide bonds. The van der Waals surface area contributed by atoms with Crippen LogP contribution in [0, 0.1) is 10.1 Å². The molecule has 0 fully saturated rings. The molecule has 0 atom stereocenters. The van der Waals surface area contributed by atoms with Crippen LogP contribution in [-0.2, 0) is 6.42 Å². The quantitative estimate of drug-likeness (QED) is 0.635. The van der Waals surface area contributed by atoms with Crippen molar-refractivity contribution in [2.24, 2.45) is 5.73 Å². The molecule has 2 aromatic rings. The standard InChI is InChI=1S/C11H12N4O3/c12-7-3-6-10-13-11(14-18-10)8-4-1-2-5-9(8)15(16)17/h1-2,4-5H,3,6-7,12H2. The van der Waals surface area contributed by atoms with Crippen LogP contribution >= 0.6 is 0 Å². The van der Waals surface area contributed by atoms with Gasteiger partial charge in [0.2, 0.25) is 11.7 Å². The van der Waals surface area contributed by atoms with Crippen LogP contribution in [0.25, 0.3) is 11.4 Å². The zero-order valence-electron chi connectivity index (χ0n) is 9.57. The lowest BCUT2D eigenvalue weighted by Crippen LogP contribution is -2.00. The van der Waals surface area contributed by atoms with Gasteiger partial charge in [-0.2, -0.15) is 4.98 Å². The third-order valence-electron chi connectivity index (χ3n) is 2.40. The lowest BCUT2D eigenvalue weighted by Gasteiger charge is -1.96. The molecule has 0 bridgehead atoms. The number of nitrogens with zero attached hydrogens (tertiary/aromatic N) is 3. The van der Waals surface area contributed by atoms with Crippen molar-refractivity contribution in [1.29, 1.82) is 0 Å². The molecule has 0 saturated heterocycles. The van der Waals surface area contributed by atoms with E-state index in [2.05, 4.69) is 10.1 Å². The number of aryl methyl sites for hydroxylation is 1. The molecule has 0 radical (unpaired) electrons. The fourth-order valence-electron chi connectivity index (χ4n) is 1.54. The Bertz CT molecular complexity index is 553. The number of hydrogen-bond donors (Lipinski definition) is 1. The maximum absolute atomic E-state index is 10.9. The van der Waals surface area contributed by atoms with E-state index in [0.717, 1.165) is 6.42 Å². The Morgan fingerprint density at radius 1 is 1.39 bits per heavy atom. The van der Waals surface area contributed by atoms with Crippen LogP contribution in [0.3, 0.4) is 0 Å². The number of benzene rings is 1. The van der Waals surface area contributed by atoms with Gasteiger partial charge in [0.1, 0.15) is 5.56 Å². The minimum absolute atomic E-state index is 0.0383. The summed E-state index contributed by atoms with van der Waals surface area (Å²) >= 11 is 0. The molecule has 2 rings (SSSR count). The average molecular weight is 248 g/mol. The Morgan fingerprint density at radius 3 is 2.89 bits per heavy atom. The van der Waals surface area contributed by atoms with Gasteiger partial charge < -0.3 is 10.3 Å². The largest absolute Gasteiger partial charge is 0.339 e. The first kappa shape index (κ1) is 12.2. The molecule has 0 saturated carbocycles. The van der Waals surface area contributed by atoms with Crippen molar-refractivity contribution in [2.75, 3.05) is 6.54 Å². The molecular weight excluding hydrogens is 236 g/mol. The molecule has 0 aliphatic heterocycles. The summed E-state index contributed by atoms with van der Waals surface area (Å²) in [6.07, 6.45) is 1.31. The van der Waals surface area contributed by atoms with Crippen molar-refractivity contribution in [3.05, 3.63) is 40.3 Å². The van der Waals surface area contributed by atoms with Gasteiger partial charge in [0.25, 0.3) is 5.69 Å². The molecule has 1 aromatic heterocycles. The molecule has 1 heterocycles. The van der Waals surface area contributed by atoms with Crippen LogP contribution in [0.15, 0.2) is 28.8 Å². The van der Waals surface area contributed by atoms with Crippen LogP contribution in [0.1, 0.15) is 12.3 Å². The average Bonchev–Trinajstić information content (AvgIpc) is 2.85. The minimum Gasteiger partial charge on any atom is -0.339 e. The van der Waals surface area contributed by atoms with E-state index >= 15 is 0 Å². The van der Waals surface area contributed by atoms with Gasteiger partial charge in [-0.3, -0.25) is 10.1 Å². The van der Waals surface area contributed by atoms with Gasteiger partial charge in [-0.05, 0) is 19.0 Å². The molecule has 7 nitrogen and oxygen atoms in total. The van der Waals surface area contributed by atoms with E-state index in [0.29, 0.717) is 24.4 Å². The number of para-hydroxylation sites is 1. The van der Waals surface area contributed by atoms with E-state index in [1.165, 1.54) is 6.07 Å². The fourth-order valence-corrected chi connectivity index (χ4v) is 1.54. The number of rotatable bonds is 5. The summed E-state index contributed by atoms with van der Waals surface area (Å²) in [6, 6.07) is 6.29. The third-order valence-corrected chi connectivity index (χ3v) is 2.40.